The summed E-state index contributed by atoms with van der Waals surface area (Å²) in [6.07, 6.45) is 0. The zero-order valence-corrected chi connectivity index (χ0v) is 12.3. The molecule has 0 spiro atoms. The Balaban J connectivity index is 2.10. The molecule has 1 heterocycles. The number of carbonyl (C=O) groups is 1. The molecule has 0 radical (unpaired) electrons. The van der Waals surface area contributed by atoms with Crippen LogP contribution >= 0.6 is 0 Å². The van der Waals surface area contributed by atoms with Crippen LogP contribution in [0.1, 0.15) is 34.8 Å². The Bertz CT molecular complexity index is 602. The molecule has 0 fully saturated rings. The van der Waals surface area contributed by atoms with Gasteiger partial charge in [-0.2, -0.15) is 0 Å². The molecule has 0 aliphatic heterocycles. The van der Waals surface area contributed by atoms with Crippen molar-refractivity contribution in [2.24, 2.45) is 0 Å². The van der Waals surface area contributed by atoms with Gasteiger partial charge in [0.25, 0.3) is 5.91 Å². The van der Waals surface area contributed by atoms with Crippen molar-refractivity contribution in [1.82, 2.24) is 5.32 Å². The highest BCUT2D eigenvalue weighted by Gasteiger charge is 2.14. The van der Waals surface area contributed by atoms with Gasteiger partial charge in [-0.25, -0.2) is 0 Å². The van der Waals surface area contributed by atoms with E-state index in [1.807, 2.05) is 69.2 Å². The van der Waals surface area contributed by atoms with Gasteiger partial charge in [0.05, 0.1) is 6.04 Å². The highest BCUT2D eigenvalue weighted by molar-refractivity contribution is 5.95. The van der Waals surface area contributed by atoms with Crippen molar-refractivity contribution in [3.63, 3.8) is 0 Å². The summed E-state index contributed by atoms with van der Waals surface area (Å²) in [5, 5.41) is 2.94. The van der Waals surface area contributed by atoms with Crippen LogP contribution in [0, 0.1) is 6.92 Å². The Hall–Kier alpha value is -2.23. The Labute approximate surface area is 119 Å². The lowest BCUT2D eigenvalue weighted by molar-refractivity contribution is 0.0935. The SMILES string of the molecule is Cc1ccc([C@@H](C)NC(=O)c2cccc(N(C)C)c2)o1. The fourth-order valence-corrected chi connectivity index (χ4v) is 1.96. The molecule has 1 aromatic carbocycles. The minimum Gasteiger partial charge on any atom is -0.464 e. The third kappa shape index (κ3) is 3.20. The molecule has 0 saturated carbocycles. The van der Waals surface area contributed by atoms with Gasteiger partial charge in [0, 0.05) is 25.3 Å². The van der Waals surface area contributed by atoms with Crippen molar-refractivity contribution in [2.45, 2.75) is 19.9 Å². The number of amides is 1. The molecule has 4 heteroatoms. The van der Waals surface area contributed by atoms with Crippen LogP contribution < -0.4 is 10.2 Å². The average molecular weight is 272 g/mol. The number of carbonyl (C=O) groups excluding carboxylic acids is 1. The number of nitrogens with zero attached hydrogens (tertiary/aromatic N) is 1. The van der Waals surface area contributed by atoms with Gasteiger partial charge in [-0.3, -0.25) is 4.79 Å². The van der Waals surface area contributed by atoms with Crippen LogP contribution in [0.3, 0.4) is 0 Å². The lowest BCUT2D eigenvalue weighted by Gasteiger charge is -2.15. The molecule has 2 rings (SSSR count). The van der Waals surface area contributed by atoms with Crippen molar-refractivity contribution in [3.05, 3.63) is 53.5 Å². The predicted molar refractivity (Wildman–Crippen MR) is 80.1 cm³/mol. The van der Waals surface area contributed by atoms with E-state index in [1.54, 1.807) is 0 Å². The molecule has 1 amide bonds. The van der Waals surface area contributed by atoms with Crippen LogP contribution in [0.4, 0.5) is 5.69 Å². The van der Waals surface area contributed by atoms with Crippen molar-refractivity contribution >= 4 is 11.6 Å². The van der Waals surface area contributed by atoms with Crippen LogP contribution in [-0.4, -0.2) is 20.0 Å². The van der Waals surface area contributed by atoms with E-state index in [0.29, 0.717) is 5.56 Å². The number of nitrogens with one attached hydrogen (secondary N) is 1. The molecule has 1 aromatic heterocycles. The third-order valence-corrected chi connectivity index (χ3v) is 3.16. The number of hydrogen-bond donors (Lipinski definition) is 1. The third-order valence-electron chi connectivity index (χ3n) is 3.16. The number of anilines is 1. The first-order valence-electron chi connectivity index (χ1n) is 6.62. The van der Waals surface area contributed by atoms with Crippen LogP contribution in [-0.2, 0) is 0 Å². The molecule has 0 aliphatic carbocycles. The minimum absolute atomic E-state index is 0.102. The van der Waals surface area contributed by atoms with E-state index >= 15 is 0 Å². The number of benzene rings is 1. The first-order chi connectivity index (χ1) is 9.47. The molecule has 0 aliphatic rings. The molecule has 2 aromatic rings. The smallest absolute Gasteiger partial charge is 0.251 e. The van der Waals surface area contributed by atoms with Crippen molar-refractivity contribution < 1.29 is 9.21 Å². The van der Waals surface area contributed by atoms with Crippen LogP contribution in [0.2, 0.25) is 0 Å². The van der Waals surface area contributed by atoms with Crippen LogP contribution in [0.5, 0.6) is 0 Å². The van der Waals surface area contributed by atoms with E-state index in [0.717, 1.165) is 17.2 Å². The van der Waals surface area contributed by atoms with Gasteiger partial charge in [0.15, 0.2) is 0 Å². The quantitative estimate of drug-likeness (QED) is 0.930. The van der Waals surface area contributed by atoms with Gasteiger partial charge < -0.3 is 14.6 Å². The normalized spacial score (nSPS) is 12.0. The first-order valence-corrected chi connectivity index (χ1v) is 6.62. The maximum absolute atomic E-state index is 12.2. The second-order valence-corrected chi connectivity index (χ2v) is 5.09. The average Bonchev–Trinajstić information content (AvgIpc) is 2.85. The molecule has 0 unspecified atom stereocenters. The van der Waals surface area contributed by atoms with E-state index in [-0.39, 0.29) is 11.9 Å². The predicted octanol–water partition coefficient (Wildman–Crippen LogP) is 3.15. The number of furan rings is 1. The Kier molecular flexibility index (Phi) is 4.13. The topological polar surface area (TPSA) is 45.5 Å². The summed E-state index contributed by atoms with van der Waals surface area (Å²) >= 11 is 0. The molecule has 4 nitrogen and oxygen atoms in total. The fraction of sp³-hybridized carbons (Fsp3) is 0.312. The summed E-state index contributed by atoms with van der Waals surface area (Å²) in [5.74, 6) is 1.51. The van der Waals surface area contributed by atoms with Gasteiger partial charge in [0.1, 0.15) is 11.5 Å². The summed E-state index contributed by atoms with van der Waals surface area (Å²) in [7, 11) is 3.90. The van der Waals surface area contributed by atoms with Crippen molar-refractivity contribution in [2.75, 3.05) is 19.0 Å². The highest BCUT2D eigenvalue weighted by Crippen LogP contribution is 2.17. The van der Waals surface area contributed by atoms with Crippen LogP contribution in [0.15, 0.2) is 40.8 Å². The Morgan fingerprint density at radius 3 is 2.60 bits per heavy atom. The van der Waals surface area contributed by atoms with E-state index in [1.165, 1.54) is 0 Å². The number of rotatable bonds is 4. The molecule has 0 saturated heterocycles. The maximum atomic E-state index is 12.2. The second kappa shape index (κ2) is 5.82. The van der Waals surface area contributed by atoms with Crippen molar-refractivity contribution in [3.8, 4) is 0 Å². The van der Waals surface area contributed by atoms with Gasteiger partial charge in [-0.15, -0.1) is 0 Å². The fourth-order valence-electron chi connectivity index (χ4n) is 1.96. The molecule has 0 bridgehead atoms. The second-order valence-electron chi connectivity index (χ2n) is 5.09. The lowest BCUT2D eigenvalue weighted by Crippen LogP contribution is -2.26. The van der Waals surface area contributed by atoms with Gasteiger partial charge in [-0.05, 0) is 44.2 Å². The van der Waals surface area contributed by atoms with Gasteiger partial charge in [-0.1, -0.05) is 6.07 Å². The van der Waals surface area contributed by atoms with Gasteiger partial charge >= 0.3 is 0 Å². The molecule has 106 valence electrons. The first kappa shape index (κ1) is 14.2. The van der Waals surface area contributed by atoms with E-state index in [4.69, 9.17) is 4.42 Å². The Morgan fingerprint density at radius 2 is 2.00 bits per heavy atom. The molecular formula is C16H20N2O2. The molecule has 1 N–H and O–H groups in total. The number of hydrogen-bond acceptors (Lipinski definition) is 3. The summed E-state index contributed by atoms with van der Waals surface area (Å²) in [5.41, 5.74) is 1.64. The maximum Gasteiger partial charge on any atom is 0.251 e. The van der Waals surface area contributed by atoms with E-state index in [2.05, 4.69) is 5.32 Å². The Morgan fingerprint density at radius 1 is 1.25 bits per heavy atom. The van der Waals surface area contributed by atoms with Crippen LogP contribution in [0.25, 0.3) is 0 Å². The van der Waals surface area contributed by atoms with E-state index in [9.17, 15) is 4.79 Å². The number of aryl methyl sites for hydroxylation is 1. The molecular weight excluding hydrogens is 252 g/mol. The zero-order valence-electron chi connectivity index (χ0n) is 12.3. The molecule has 20 heavy (non-hydrogen) atoms. The summed E-state index contributed by atoms with van der Waals surface area (Å²) in [6, 6.07) is 11.2. The summed E-state index contributed by atoms with van der Waals surface area (Å²) < 4.78 is 5.52. The standard InChI is InChI=1S/C16H20N2O2/c1-11-8-9-15(20-11)12(2)17-16(19)13-6-5-7-14(10-13)18(3)4/h5-10,12H,1-4H3,(H,17,19)/t12-/m1/s1. The minimum atomic E-state index is -0.154. The summed E-state index contributed by atoms with van der Waals surface area (Å²) in [6.45, 7) is 3.80. The van der Waals surface area contributed by atoms with Crippen molar-refractivity contribution in [1.29, 1.82) is 0 Å². The lowest BCUT2D eigenvalue weighted by atomic mass is 10.1. The van der Waals surface area contributed by atoms with Gasteiger partial charge in [0.2, 0.25) is 0 Å². The summed E-state index contributed by atoms with van der Waals surface area (Å²) in [4.78, 5) is 14.2. The zero-order chi connectivity index (χ0) is 14.7. The van der Waals surface area contributed by atoms with E-state index < -0.39 is 0 Å². The largest absolute Gasteiger partial charge is 0.464 e. The monoisotopic (exact) mass is 272 g/mol. The highest BCUT2D eigenvalue weighted by atomic mass is 16.3. The molecule has 1 atom stereocenters.